The summed E-state index contributed by atoms with van der Waals surface area (Å²) in [4.78, 5) is 8.46. The molecule has 1 N–H and O–H groups in total. The van der Waals surface area contributed by atoms with Gasteiger partial charge in [0.1, 0.15) is 17.2 Å². The topological polar surface area (TPSA) is 41.0 Å². The number of hydrogen-bond acceptors (Lipinski definition) is 5. The van der Waals surface area contributed by atoms with Crippen molar-refractivity contribution in [3.63, 3.8) is 0 Å². The first kappa shape index (κ1) is 12.6. The maximum Gasteiger partial charge on any atom is 0.144 e. The molecule has 0 bridgehead atoms. The first-order valence-corrected chi connectivity index (χ1v) is 7.34. The van der Waals surface area contributed by atoms with E-state index in [9.17, 15) is 0 Å². The second kappa shape index (κ2) is 5.69. The number of hydrogen-bond donors (Lipinski definition) is 1. The van der Waals surface area contributed by atoms with Gasteiger partial charge in [-0.25, -0.2) is 15.0 Å². The van der Waals surface area contributed by atoms with E-state index in [0.717, 1.165) is 10.8 Å². The molecule has 17 heavy (non-hydrogen) atoms. The smallest absolute Gasteiger partial charge is 0.144 e. The number of thioether (sulfide) groups is 1. The van der Waals surface area contributed by atoms with E-state index in [1.807, 2.05) is 12.3 Å². The largest absolute Gasteiger partial charge is 0.302 e. The summed E-state index contributed by atoms with van der Waals surface area (Å²) in [6.45, 7) is 4.53. The highest BCUT2D eigenvalue weighted by Gasteiger charge is 2.24. The minimum atomic E-state index is 0.562. The molecule has 2 unspecified atom stereocenters. The van der Waals surface area contributed by atoms with Crippen molar-refractivity contribution in [1.29, 1.82) is 0 Å². The van der Waals surface area contributed by atoms with Crippen LogP contribution in [0.25, 0.3) is 0 Å². The average molecular weight is 252 g/mol. The number of aromatic nitrogens is 2. The maximum atomic E-state index is 4.27. The quantitative estimate of drug-likeness (QED) is 0.662. The van der Waals surface area contributed by atoms with Crippen molar-refractivity contribution in [3.05, 3.63) is 12.4 Å². The van der Waals surface area contributed by atoms with E-state index in [-0.39, 0.29) is 0 Å². The Labute approximate surface area is 107 Å². The summed E-state index contributed by atoms with van der Waals surface area (Å²) in [5.41, 5.74) is 3.42. The van der Waals surface area contributed by atoms with Gasteiger partial charge in [0.15, 0.2) is 0 Å². The molecular formula is C12H20N4S. The normalized spacial score (nSPS) is 25.8. The Morgan fingerprint density at radius 2 is 2.00 bits per heavy atom. The number of nitrogens with one attached hydrogen (secondary N) is 1. The predicted octanol–water partition coefficient (Wildman–Crippen LogP) is 2.79. The fourth-order valence-corrected chi connectivity index (χ4v) is 2.67. The summed E-state index contributed by atoms with van der Waals surface area (Å²) in [6, 6.07) is 3.12. The third kappa shape index (κ3) is 3.10. The lowest BCUT2D eigenvalue weighted by Gasteiger charge is -2.39. The van der Waals surface area contributed by atoms with Crippen molar-refractivity contribution in [2.24, 2.45) is 0 Å². The summed E-state index contributed by atoms with van der Waals surface area (Å²) >= 11 is 1.64. The van der Waals surface area contributed by atoms with Crippen LogP contribution in [0.1, 0.15) is 33.1 Å². The fourth-order valence-electron chi connectivity index (χ4n) is 2.29. The van der Waals surface area contributed by atoms with Crippen molar-refractivity contribution in [2.75, 3.05) is 11.7 Å². The molecule has 1 aliphatic heterocycles. The second-order valence-corrected chi connectivity index (χ2v) is 5.42. The molecule has 1 fully saturated rings. The zero-order valence-electron chi connectivity index (χ0n) is 10.7. The molecule has 2 heterocycles. The SMILES string of the molecule is CSc1cc(NN2C(C)CCCC2C)ncn1. The molecule has 1 aromatic rings. The number of nitrogens with zero attached hydrogens (tertiary/aromatic N) is 3. The molecule has 5 heteroatoms. The Kier molecular flexibility index (Phi) is 4.23. The summed E-state index contributed by atoms with van der Waals surface area (Å²) < 4.78 is 0. The molecule has 94 valence electrons. The van der Waals surface area contributed by atoms with Crippen LogP contribution in [0.15, 0.2) is 17.4 Å². The minimum Gasteiger partial charge on any atom is -0.302 e. The Bertz CT molecular complexity index is 361. The molecule has 0 aromatic carbocycles. The Hall–Kier alpha value is -0.810. The summed E-state index contributed by atoms with van der Waals surface area (Å²) in [6.07, 6.45) is 7.46. The molecule has 1 aromatic heterocycles. The van der Waals surface area contributed by atoms with Gasteiger partial charge in [0, 0.05) is 18.2 Å². The van der Waals surface area contributed by atoms with E-state index >= 15 is 0 Å². The predicted molar refractivity (Wildman–Crippen MR) is 72.0 cm³/mol. The standard InChI is InChI=1S/C12H20N4S/c1-9-5-4-6-10(2)16(9)15-11-7-12(17-3)14-8-13-11/h7-10H,4-6H2,1-3H3,(H,13,14,15). The highest BCUT2D eigenvalue weighted by molar-refractivity contribution is 7.98. The molecule has 2 rings (SSSR count). The molecule has 2 atom stereocenters. The fraction of sp³-hybridized carbons (Fsp3) is 0.667. The molecule has 4 nitrogen and oxygen atoms in total. The van der Waals surface area contributed by atoms with Crippen molar-refractivity contribution >= 4 is 17.6 Å². The van der Waals surface area contributed by atoms with Crippen molar-refractivity contribution in [2.45, 2.75) is 50.2 Å². The first-order chi connectivity index (χ1) is 8.20. The lowest BCUT2D eigenvalue weighted by atomic mass is 10.00. The Balaban J connectivity index is 2.07. The van der Waals surface area contributed by atoms with E-state index in [1.165, 1.54) is 19.3 Å². The lowest BCUT2D eigenvalue weighted by molar-refractivity contribution is 0.135. The maximum absolute atomic E-state index is 4.27. The summed E-state index contributed by atoms with van der Waals surface area (Å²) in [5, 5.41) is 3.32. The Morgan fingerprint density at radius 1 is 1.29 bits per heavy atom. The van der Waals surface area contributed by atoms with E-state index < -0.39 is 0 Å². The van der Waals surface area contributed by atoms with Gasteiger partial charge in [0.05, 0.1) is 0 Å². The highest BCUT2D eigenvalue weighted by Crippen LogP contribution is 2.23. The van der Waals surface area contributed by atoms with Crippen LogP contribution in [0.5, 0.6) is 0 Å². The van der Waals surface area contributed by atoms with E-state index in [2.05, 4.69) is 34.3 Å². The molecule has 0 aliphatic carbocycles. The zero-order chi connectivity index (χ0) is 12.3. The molecule has 0 radical (unpaired) electrons. The van der Waals surface area contributed by atoms with Gasteiger partial charge in [-0.2, -0.15) is 0 Å². The van der Waals surface area contributed by atoms with Gasteiger partial charge in [-0.05, 0) is 32.9 Å². The van der Waals surface area contributed by atoms with E-state index in [1.54, 1.807) is 18.1 Å². The first-order valence-electron chi connectivity index (χ1n) is 6.11. The molecule has 1 saturated heterocycles. The van der Waals surface area contributed by atoms with Crippen LogP contribution in [0.4, 0.5) is 5.82 Å². The second-order valence-electron chi connectivity index (χ2n) is 4.59. The number of anilines is 1. The third-order valence-electron chi connectivity index (χ3n) is 3.29. The molecule has 0 amide bonds. The van der Waals surface area contributed by atoms with Crippen LogP contribution >= 0.6 is 11.8 Å². The van der Waals surface area contributed by atoms with Crippen LogP contribution in [-0.4, -0.2) is 33.3 Å². The van der Waals surface area contributed by atoms with Crippen LogP contribution < -0.4 is 5.43 Å². The van der Waals surface area contributed by atoms with Gasteiger partial charge in [0.25, 0.3) is 0 Å². The van der Waals surface area contributed by atoms with E-state index in [0.29, 0.717) is 12.1 Å². The number of piperidine rings is 1. The molecular weight excluding hydrogens is 232 g/mol. The van der Waals surface area contributed by atoms with Crippen molar-refractivity contribution < 1.29 is 0 Å². The van der Waals surface area contributed by atoms with Gasteiger partial charge in [-0.3, -0.25) is 0 Å². The Morgan fingerprint density at radius 3 is 2.65 bits per heavy atom. The zero-order valence-corrected chi connectivity index (χ0v) is 11.5. The van der Waals surface area contributed by atoms with Gasteiger partial charge >= 0.3 is 0 Å². The third-order valence-corrected chi connectivity index (χ3v) is 3.93. The van der Waals surface area contributed by atoms with Crippen LogP contribution in [0.3, 0.4) is 0 Å². The number of hydrazine groups is 1. The van der Waals surface area contributed by atoms with Crippen LogP contribution in [-0.2, 0) is 0 Å². The van der Waals surface area contributed by atoms with Crippen molar-refractivity contribution in [3.8, 4) is 0 Å². The van der Waals surface area contributed by atoms with Crippen LogP contribution in [0.2, 0.25) is 0 Å². The molecule has 1 aliphatic rings. The summed E-state index contributed by atoms with van der Waals surface area (Å²) in [7, 11) is 0. The average Bonchev–Trinajstić information content (AvgIpc) is 2.34. The monoisotopic (exact) mass is 252 g/mol. The van der Waals surface area contributed by atoms with Gasteiger partial charge in [-0.1, -0.05) is 6.42 Å². The molecule has 0 spiro atoms. The minimum absolute atomic E-state index is 0.562. The van der Waals surface area contributed by atoms with Crippen LogP contribution in [0, 0.1) is 0 Å². The molecule has 0 saturated carbocycles. The van der Waals surface area contributed by atoms with Gasteiger partial charge < -0.3 is 5.43 Å². The van der Waals surface area contributed by atoms with E-state index in [4.69, 9.17) is 0 Å². The lowest BCUT2D eigenvalue weighted by Crippen LogP contribution is -2.47. The summed E-state index contributed by atoms with van der Waals surface area (Å²) in [5.74, 6) is 0.893. The van der Waals surface area contributed by atoms with Gasteiger partial charge in [-0.15, -0.1) is 11.8 Å². The highest BCUT2D eigenvalue weighted by atomic mass is 32.2. The number of rotatable bonds is 3. The van der Waals surface area contributed by atoms with Gasteiger partial charge in [0.2, 0.25) is 0 Å². The van der Waals surface area contributed by atoms with Crippen molar-refractivity contribution in [1.82, 2.24) is 15.0 Å².